The van der Waals surface area contributed by atoms with Crippen molar-refractivity contribution >= 4 is 45.2 Å². The summed E-state index contributed by atoms with van der Waals surface area (Å²) in [5.41, 5.74) is 1.00. The zero-order chi connectivity index (χ0) is 7.72. The van der Waals surface area contributed by atoms with E-state index in [1.54, 1.807) is 6.07 Å². The van der Waals surface area contributed by atoms with Crippen molar-refractivity contribution < 1.29 is 4.39 Å². The Bertz CT molecular complexity index is 235. The highest BCUT2D eigenvalue weighted by molar-refractivity contribution is 14.1. The second-order valence-corrected chi connectivity index (χ2v) is 4.26. The second-order valence-electron chi connectivity index (χ2n) is 2.02. The summed E-state index contributed by atoms with van der Waals surface area (Å²) >= 11 is 4.34. The van der Waals surface area contributed by atoms with Gasteiger partial charge < -0.3 is 0 Å². The molecular weight excluding hydrogens is 357 g/mol. The van der Waals surface area contributed by atoms with Crippen LogP contribution in [-0.2, 0) is 0 Å². The number of aryl methyl sites for hydroxylation is 1. The molecule has 3 heteroatoms. The van der Waals surface area contributed by atoms with Gasteiger partial charge in [0, 0.05) is 7.14 Å². The fraction of sp³-hybridized carbons (Fsp3) is 0.143. The second kappa shape index (κ2) is 3.34. The summed E-state index contributed by atoms with van der Waals surface area (Å²) < 4.78 is 14.7. The zero-order valence-corrected chi connectivity index (χ0v) is 9.60. The highest BCUT2D eigenvalue weighted by Gasteiger charge is 2.01. The van der Waals surface area contributed by atoms with Crippen molar-refractivity contribution in [3.8, 4) is 0 Å². The summed E-state index contributed by atoms with van der Waals surface area (Å²) in [7, 11) is 0. The van der Waals surface area contributed by atoms with Gasteiger partial charge in [0.25, 0.3) is 0 Å². The maximum Gasteiger partial charge on any atom is 0.124 e. The van der Waals surface area contributed by atoms with Gasteiger partial charge in [0.05, 0.1) is 0 Å². The molecule has 0 saturated carbocycles. The minimum atomic E-state index is -0.151. The highest BCUT2D eigenvalue weighted by atomic mass is 127. The minimum Gasteiger partial charge on any atom is -0.207 e. The normalized spacial score (nSPS) is 10.0. The van der Waals surface area contributed by atoms with E-state index in [4.69, 9.17) is 0 Å². The number of benzene rings is 1. The maximum absolute atomic E-state index is 12.6. The molecule has 0 aliphatic heterocycles. The molecule has 0 atom stereocenters. The van der Waals surface area contributed by atoms with Crippen molar-refractivity contribution in [3.63, 3.8) is 0 Å². The van der Waals surface area contributed by atoms with Gasteiger partial charge in [-0.3, -0.25) is 0 Å². The summed E-state index contributed by atoms with van der Waals surface area (Å²) in [4.78, 5) is 0. The van der Waals surface area contributed by atoms with Gasteiger partial charge in [-0.2, -0.15) is 0 Å². The van der Waals surface area contributed by atoms with Gasteiger partial charge in [-0.25, -0.2) is 4.39 Å². The van der Waals surface area contributed by atoms with Gasteiger partial charge in [-0.1, -0.05) is 0 Å². The Morgan fingerprint density at radius 2 is 1.90 bits per heavy atom. The molecule has 54 valence electrons. The molecule has 0 aliphatic carbocycles. The monoisotopic (exact) mass is 362 g/mol. The van der Waals surface area contributed by atoms with Crippen molar-refractivity contribution in [1.82, 2.24) is 0 Å². The van der Waals surface area contributed by atoms with Crippen LogP contribution in [-0.4, -0.2) is 0 Å². The third kappa shape index (κ3) is 1.81. The van der Waals surface area contributed by atoms with Crippen LogP contribution in [0.1, 0.15) is 5.56 Å². The van der Waals surface area contributed by atoms with E-state index in [0.717, 1.165) is 12.7 Å². The first-order valence-corrected chi connectivity index (χ1v) is 4.88. The van der Waals surface area contributed by atoms with Crippen molar-refractivity contribution in [2.24, 2.45) is 0 Å². The van der Waals surface area contributed by atoms with E-state index in [2.05, 4.69) is 45.2 Å². The first-order valence-electron chi connectivity index (χ1n) is 2.72. The summed E-state index contributed by atoms with van der Waals surface area (Å²) in [6.07, 6.45) is 0. The van der Waals surface area contributed by atoms with Crippen LogP contribution in [0.2, 0.25) is 0 Å². The lowest BCUT2D eigenvalue weighted by atomic mass is 10.2. The van der Waals surface area contributed by atoms with Crippen molar-refractivity contribution in [1.29, 1.82) is 0 Å². The average Bonchev–Trinajstić information content (AvgIpc) is 1.82. The summed E-state index contributed by atoms with van der Waals surface area (Å²) in [5.74, 6) is -0.151. The minimum absolute atomic E-state index is 0.151. The third-order valence-electron chi connectivity index (χ3n) is 1.17. The quantitative estimate of drug-likeness (QED) is 0.491. The molecular formula is C7H5FI2. The molecule has 1 aromatic rings. The molecule has 0 N–H and O–H groups in total. The maximum atomic E-state index is 12.6. The molecule has 0 radical (unpaired) electrons. The molecule has 0 saturated heterocycles. The fourth-order valence-corrected chi connectivity index (χ4v) is 1.72. The number of hydrogen-bond donors (Lipinski definition) is 0. The summed E-state index contributed by atoms with van der Waals surface area (Å²) in [6.45, 7) is 1.91. The summed E-state index contributed by atoms with van der Waals surface area (Å²) in [5, 5.41) is 0. The Hall–Kier alpha value is 0.610. The number of hydrogen-bond acceptors (Lipinski definition) is 0. The molecule has 0 unspecified atom stereocenters. The first kappa shape index (κ1) is 8.70. The average molecular weight is 362 g/mol. The van der Waals surface area contributed by atoms with Crippen molar-refractivity contribution in [2.75, 3.05) is 0 Å². The molecule has 10 heavy (non-hydrogen) atoms. The van der Waals surface area contributed by atoms with E-state index >= 15 is 0 Å². The molecule has 0 aromatic heterocycles. The molecule has 0 heterocycles. The molecule has 1 rings (SSSR count). The van der Waals surface area contributed by atoms with Gasteiger partial charge in [0.15, 0.2) is 0 Å². The predicted octanol–water partition coefficient (Wildman–Crippen LogP) is 3.34. The van der Waals surface area contributed by atoms with Crippen LogP contribution in [0, 0.1) is 19.9 Å². The smallest absolute Gasteiger partial charge is 0.124 e. The van der Waals surface area contributed by atoms with Crippen LogP contribution < -0.4 is 0 Å². The Labute approximate surface area is 86.5 Å². The van der Waals surface area contributed by atoms with Crippen molar-refractivity contribution in [2.45, 2.75) is 6.92 Å². The van der Waals surface area contributed by atoms with E-state index in [9.17, 15) is 4.39 Å². The van der Waals surface area contributed by atoms with Gasteiger partial charge in [0.1, 0.15) is 5.82 Å². The van der Waals surface area contributed by atoms with Crippen LogP contribution in [0.5, 0.6) is 0 Å². The lowest BCUT2D eigenvalue weighted by Gasteiger charge is -1.99. The Balaban J connectivity index is 3.31. The lowest BCUT2D eigenvalue weighted by molar-refractivity contribution is 0.625. The number of rotatable bonds is 0. The topological polar surface area (TPSA) is 0 Å². The molecule has 1 aromatic carbocycles. The standard InChI is InChI=1S/C7H5FI2/c1-4-2-5(8)3-6(9)7(4)10/h2-3H,1H3. The molecule has 0 fully saturated rings. The zero-order valence-electron chi connectivity index (χ0n) is 5.29. The SMILES string of the molecule is Cc1cc(F)cc(I)c1I. The first-order chi connectivity index (χ1) is 4.61. The van der Waals surface area contributed by atoms with E-state index < -0.39 is 0 Å². The van der Waals surface area contributed by atoms with Gasteiger partial charge in [-0.15, -0.1) is 0 Å². The van der Waals surface area contributed by atoms with Crippen LogP contribution in [0.4, 0.5) is 4.39 Å². The van der Waals surface area contributed by atoms with Gasteiger partial charge in [-0.05, 0) is 69.8 Å². The predicted molar refractivity (Wildman–Crippen MR) is 56.6 cm³/mol. The Morgan fingerprint density at radius 3 is 2.40 bits per heavy atom. The van der Waals surface area contributed by atoms with Gasteiger partial charge in [0.2, 0.25) is 0 Å². The highest BCUT2D eigenvalue weighted by Crippen LogP contribution is 2.19. The van der Waals surface area contributed by atoms with E-state index in [1.807, 2.05) is 6.92 Å². The van der Waals surface area contributed by atoms with E-state index in [0.29, 0.717) is 0 Å². The van der Waals surface area contributed by atoms with Crippen molar-refractivity contribution in [3.05, 3.63) is 30.7 Å². The molecule has 0 amide bonds. The van der Waals surface area contributed by atoms with Crippen LogP contribution >= 0.6 is 45.2 Å². The third-order valence-corrected chi connectivity index (χ3v) is 4.49. The van der Waals surface area contributed by atoms with E-state index in [1.165, 1.54) is 6.07 Å². The Morgan fingerprint density at radius 1 is 1.30 bits per heavy atom. The van der Waals surface area contributed by atoms with E-state index in [-0.39, 0.29) is 5.82 Å². The Kier molecular flexibility index (Phi) is 2.91. The fourth-order valence-electron chi connectivity index (χ4n) is 0.685. The molecule has 0 spiro atoms. The largest absolute Gasteiger partial charge is 0.207 e. The van der Waals surface area contributed by atoms with Crippen LogP contribution in [0.15, 0.2) is 12.1 Å². The van der Waals surface area contributed by atoms with Crippen LogP contribution in [0.25, 0.3) is 0 Å². The van der Waals surface area contributed by atoms with Crippen LogP contribution in [0.3, 0.4) is 0 Å². The number of halogens is 3. The lowest BCUT2D eigenvalue weighted by Crippen LogP contribution is -1.87. The molecule has 0 nitrogen and oxygen atoms in total. The molecule has 0 bridgehead atoms. The summed E-state index contributed by atoms with van der Waals surface area (Å²) in [6, 6.07) is 3.08. The van der Waals surface area contributed by atoms with Gasteiger partial charge >= 0.3 is 0 Å². The molecule has 0 aliphatic rings.